The first-order chi connectivity index (χ1) is 6.13. The minimum absolute atomic E-state index is 0.647. The Labute approximate surface area is 87.3 Å². The van der Waals surface area contributed by atoms with Crippen LogP contribution in [0.3, 0.4) is 0 Å². The van der Waals surface area contributed by atoms with Crippen molar-refractivity contribution in [2.24, 2.45) is 5.92 Å². The lowest BCUT2D eigenvalue weighted by Gasteiger charge is -2.05. The zero-order valence-electron chi connectivity index (χ0n) is 7.88. The Morgan fingerprint density at radius 3 is 2.62 bits per heavy atom. The molecule has 0 aromatic heterocycles. The highest BCUT2D eigenvalue weighted by Gasteiger charge is 2.01. The Morgan fingerprint density at radius 2 is 2.15 bits per heavy atom. The zero-order chi connectivity index (χ0) is 9.84. The maximum Gasteiger partial charge on any atom is 0.151 e. The lowest BCUT2D eigenvalue weighted by atomic mass is 10.0. The number of hydrogen-bond acceptors (Lipinski definition) is 1. The molecule has 70 valence electrons. The van der Waals surface area contributed by atoms with E-state index in [0.717, 1.165) is 17.2 Å². The summed E-state index contributed by atoms with van der Waals surface area (Å²) in [6.45, 7) is 4.36. The van der Waals surface area contributed by atoms with Gasteiger partial charge in [0.15, 0.2) is 6.29 Å². The molecule has 0 atom stereocenters. The molecule has 2 heteroatoms. The van der Waals surface area contributed by atoms with Gasteiger partial charge in [-0.2, -0.15) is 0 Å². The van der Waals surface area contributed by atoms with Gasteiger partial charge in [-0.05, 0) is 24.0 Å². The van der Waals surface area contributed by atoms with Gasteiger partial charge in [0.25, 0.3) is 0 Å². The molecular weight excluding hydrogens is 228 g/mol. The molecule has 0 bridgehead atoms. The second-order valence-electron chi connectivity index (χ2n) is 3.57. The molecular formula is C11H13BrO. The molecule has 0 saturated heterocycles. The van der Waals surface area contributed by atoms with E-state index in [1.54, 1.807) is 0 Å². The molecule has 1 rings (SSSR count). The lowest BCUT2D eigenvalue weighted by Crippen LogP contribution is -1.94. The molecule has 0 aliphatic carbocycles. The van der Waals surface area contributed by atoms with Gasteiger partial charge in [0.2, 0.25) is 0 Å². The molecule has 0 saturated carbocycles. The molecule has 0 amide bonds. The van der Waals surface area contributed by atoms with Crippen molar-refractivity contribution >= 4 is 22.2 Å². The van der Waals surface area contributed by atoms with Crippen LogP contribution in [-0.2, 0) is 6.42 Å². The van der Waals surface area contributed by atoms with Gasteiger partial charge >= 0.3 is 0 Å². The van der Waals surface area contributed by atoms with E-state index in [1.807, 2.05) is 18.2 Å². The summed E-state index contributed by atoms with van der Waals surface area (Å²) in [7, 11) is 0. The van der Waals surface area contributed by atoms with Gasteiger partial charge in [0.1, 0.15) is 0 Å². The fourth-order valence-electron chi connectivity index (χ4n) is 1.26. The zero-order valence-corrected chi connectivity index (χ0v) is 9.47. The van der Waals surface area contributed by atoms with E-state index in [1.165, 1.54) is 5.56 Å². The van der Waals surface area contributed by atoms with E-state index in [0.29, 0.717) is 11.5 Å². The highest BCUT2D eigenvalue weighted by Crippen LogP contribution is 2.18. The molecule has 1 aromatic carbocycles. The Morgan fingerprint density at radius 1 is 1.46 bits per heavy atom. The fourth-order valence-corrected chi connectivity index (χ4v) is 1.78. The summed E-state index contributed by atoms with van der Waals surface area (Å²) < 4.78 is 0.889. The van der Waals surface area contributed by atoms with E-state index in [9.17, 15) is 4.79 Å². The number of hydrogen-bond donors (Lipinski definition) is 0. The summed E-state index contributed by atoms with van der Waals surface area (Å²) in [4.78, 5) is 10.5. The van der Waals surface area contributed by atoms with Crippen molar-refractivity contribution in [2.75, 3.05) is 0 Å². The average molecular weight is 241 g/mol. The van der Waals surface area contributed by atoms with Crippen molar-refractivity contribution in [1.82, 2.24) is 0 Å². The molecule has 0 heterocycles. The molecule has 0 spiro atoms. The first kappa shape index (κ1) is 10.5. The number of aldehydes is 1. The Hall–Kier alpha value is -0.630. The molecule has 1 aromatic rings. The number of rotatable bonds is 3. The van der Waals surface area contributed by atoms with Crippen LogP contribution in [0.15, 0.2) is 22.7 Å². The number of benzene rings is 1. The molecule has 13 heavy (non-hydrogen) atoms. The first-order valence-electron chi connectivity index (χ1n) is 4.37. The quantitative estimate of drug-likeness (QED) is 0.740. The predicted octanol–water partition coefficient (Wildman–Crippen LogP) is 3.46. The Balaban J connectivity index is 2.89. The predicted molar refractivity (Wildman–Crippen MR) is 58.1 cm³/mol. The number of carbonyl (C=O) groups is 1. The van der Waals surface area contributed by atoms with Crippen LogP contribution in [0.25, 0.3) is 0 Å². The first-order valence-corrected chi connectivity index (χ1v) is 5.16. The van der Waals surface area contributed by atoms with Gasteiger partial charge in [-0.25, -0.2) is 0 Å². The van der Waals surface area contributed by atoms with Crippen LogP contribution in [0.2, 0.25) is 0 Å². The monoisotopic (exact) mass is 240 g/mol. The van der Waals surface area contributed by atoms with Crippen molar-refractivity contribution in [3.8, 4) is 0 Å². The highest BCUT2D eigenvalue weighted by atomic mass is 79.9. The number of carbonyl (C=O) groups excluding carboxylic acids is 1. The van der Waals surface area contributed by atoms with Gasteiger partial charge in [0, 0.05) is 10.0 Å². The van der Waals surface area contributed by atoms with Crippen LogP contribution in [0, 0.1) is 5.92 Å². The van der Waals surface area contributed by atoms with E-state index < -0.39 is 0 Å². The van der Waals surface area contributed by atoms with Crippen molar-refractivity contribution in [2.45, 2.75) is 20.3 Å². The van der Waals surface area contributed by atoms with Gasteiger partial charge in [-0.3, -0.25) is 4.79 Å². The van der Waals surface area contributed by atoms with Crippen LogP contribution < -0.4 is 0 Å². The lowest BCUT2D eigenvalue weighted by molar-refractivity contribution is 0.112. The van der Waals surface area contributed by atoms with Crippen molar-refractivity contribution < 1.29 is 4.79 Å². The molecule has 0 N–H and O–H groups in total. The second kappa shape index (κ2) is 4.56. The van der Waals surface area contributed by atoms with Crippen LogP contribution in [0.4, 0.5) is 0 Å². The molecule has 1 nitrogen and oxygen atoms in total. The molecule has 0 aliphatic heterocycles. The number of halogens is 1. The third kappa shape index (κ3) is 2.96. The molecule has 0 fully saturated rings. The largest absolute Gasteiger partial charge is 0.298 e. The third-order valence-corrected chi connectivity index (χ3v) is 2.52. The van der Waals surface area contributed by atoms with Gasteiger partial charge in [-0.15, -0.1) is 0 Å². The Bertz CT molecular complexity index is 305. The molecule has 0 aliphatic rings. The summed E-state index contributed by atoms with van der Waals surface area (Å²) in [5.41, 5.74) is 1.99. The maximum atomic E-state index is 10.5. The summed E-state index contributed by atoms with van der Waals surface area (Å²) >= 11 is 3.37. The summed E-state index contributed by atoms with van der Waals surface area (Å²) in [5, 5.41) is 0. The smallest absolute Gasteiger partial charge is 0.151 e. The summed E-state index contributed by atoms with van der Waals surface area (Å²) in [5.74, 6) is 0.647. The van der Waals surface area contributed by atoms with E-state index >= 15 is 0 Å². The highest BCUT2D eigenvalue weighted by molar-refractivity contribution is 9.10. The minimum atomic E-state index is 0.647. The van der Waals surface area contributed by atoms with Crippen LogP contribution >= 0.6 is 15.9 Å². The van der Waals surface area contributed by atoms with E-state index in [4.69, 9.17) is 0 Å². The maximum absolute atomic E-state index is 10.5. The third-order valence-electron chi connectivity index (χ3n) is 1.84. The van der Waals surface area contributed by atoms with Crippen molar-refractivity contribution in [3.05, 3.63) is 33.8 Å². The standard InChI is InChI=1S/C11H13BrO/c1-8(2)5-9-3-4-10(7-13)11(12)6-9/h3-4,6-8H,5H2,1-2H3. The van der Waals surface area contributed by atoms with Crippen LogP contribution in [0.1, 0.15) is 29.8 Å². The Kier molecular flexibility index (Phi) is 3.67. The topological polar surface area (TPSA) is 17.1 Å². The molecule has 0 unspecified atom stereocenters. The van der Waals surface area contributed by atoms with E-state index in [-0.39, 0.29) is 0 Å². The van der Waals surface area contributed by atoms with Gasteiger partial charge < -0.3 is 0 Å². The SMILES string of the molecule is CC(C)Cc1ccc(C=O)c(Br)c1. The second-order valence-corrected chi connectivity index (χ2v) is 4.43. The van der Waals surface area contributed by atoms with Crippen LogP contribution in [0.5, 0.6) is 0 Å². The average Bonchev–Trinajstić information content (AvgIpc) is 2.03. The van der Waals surface area contributed by atoms with Gasteiger partial charge in [-0.1, -0.05) is 41.9 Å². The summed E-state index contributed by atoms with van der Waals surface area (Å²) in [6.07, 6.45) is 1.92. The summed E-state index contributed by atoms with van der Waals surface area (Å²) in [6, 6.07) is 5.88. The van der Waals surface area contributed by atoms with Gasteiger partial charge in [0.05, 0.1) is 0 Å². The van der Waals surface area contributed by atoms with Crippen molar-refractivity contribution in [3.63, 3.8) is 0 Å². The van der Waals surface area contributed by atoms with Crippen LogP contribution in [-0.4, -0.2) is 6.29 Å². The minimum Gasteiger partial charge on any atom is -0.298 e. The fraction of sp³-hybridized carbons (Fsp3) is 0.364. The normalized spacial score (nSPS) is 10.5. The van der Waals surface area contributed by atoms with Crippen molar-refractivity contribution in [1.29, 1.82) is 0 Å². The molecule has 0 radical (unpaired) electrons. The van der Waals surface area contributed by atoms with E-state index in [2.05, 4.69) is 29.8 Å².